The zero-order chi connectivity index (χ0) is 67.9. The minimum absolute atomic E-state index is 0.0703. The molecule has 0 amide bonds. The van der Waals surface area contributed by atoms with E-state index in [9.17, 15) is 35.9 Å². The fourth-order valence-corrected chi connectivity index (χ4v) is 12.9. The van der Waals surface area contributed by atoms with E-state index in [2.05, 4.69) is 225 Å². The number of hydrogen-bond acceptors (Lipinski definition) is 11. The smallest absolute Gasteiger partial charge is 0.485 e. The van der Waals surface area contributed by atoms with Gasteiger partial charge in [0.2, 0.25) is 0 Å². The Hall–Kier alpha value is -5.69. The molecule has 0 aliphatic carbocycles. The topological polar surface area (TPSA) is 167 Å². The molecule has 10 nitrogen and oxygen atoms in total. The lowest BCUT2D eigenvalue weighted by Gasteiger charge is -2.20. The van der Waals surface area contributed by atoms with E-state index in [4.69, 9.17) is 35.4 Å². The van der Waals surface area contributed by atoms with Gasteiger partial charge < -0.3 is 18.6 Å². The molecule has 0 saturated heterocycles. The third kappa shape index (κ3) is 24.8. The largest absolute Gasteiger partial charge is 0.741 e. The molecule has 0 bridgehead atoms. The van der Waals surface area contributed by atoms with Crippen molar-refractivity contribution >= 4 is 54.8 Å². The first-order valence-electron chi connectivity index (χ1n) is 27.6. The van der Waals surface area contributed by atoms with E-state index in [1.54, 1.807) is 17.8 Å². The lowest BCUT2D eigenvalue weighted by atomic mass is 9.87. The van der Waals surface area contributed by atoms with Gasteiger partial charge in [-0.2, -0.15) is 26.3 Å². The summed E-state index contributed by atoms with van der Waals surface area (Å²) in [5.41, 5.74) is -2.54. The van der Waals surface area contributed by atoms with E-state index < -0.39 is 42.1 Å². The molecule has 0 aliphatic heterocycles. The Morgan fingerprint density at radius 2 is 0.663 bits per heavy atom. The number of rotatable bonds is 9. The molecule has 0 atom stereocenters. The number of methoxy groups -OCH3 is 2. The number of carbonyl (C=O) groups excluding carboxylic acids is 2. The molecule has 7 aromatic rings. The Morgan fingerprint density at radius 1 is 0.404 bits per heavy atom. The van der Waals surface area contributed by atoms with Gasteiger partial charge in [0.15, 0.2) is 42.1 Å². The molecule has 7 aromatic carbocycles. The fourth-order valence-electron chi connectivity index (χ4n) is 7.63. The summed E-state index contributed by atoms with van der Waals surface area (Å²) in [6.07, 6.45) is 0. The van der Waals surface area contributed by atoms with Crippen LogP contribution in [-0.4, -0.2) is 63.1 Å². The molecule has 7 rings (SSSR count). The summed E-state index contributed by atoms with van der Waals surface area (Å²) in [6.45, 7) is 33.5. The van der Waals surface area contributed by atoms with Crippen LogP contribution in [0.3, 0.4) is 0 Å². The first-order chi connectivity index (χ1) is 40.6. The predicted octanol–water partition coefficient (Wildman–Crippen LogP) is 14.6. The van der Waals surface area contributed by atoms with E-state index >= 15 is 0 Å². The molecule has 0 fully saturated rings. The highest BCUT2D eigenvalue weighted by molar-refractivity contribution is 7.99. The quantitative estimate of drug-likeness (QED) is 0.0337. The first-order valence-corrected chi connectivity index (χ1v) is 34.6. The summed E-state index contributed by atoms with van der Waals surface area (Å²) < 4.78 is 131. The highest BCUT2D eigenvalue weighted by Gasteiger charge is 2.38. The van der Waals surface area contributed by atoms with Gasteiger partial charge in [0.25, 0.3) is 0 Å². The average Bonchev–Trinajstić information content (AvgIpc) is 1.53. The van der Waals surface area contributed by atoms with Gasteiger partial charge in [-0.1, -0.05) is 201 Å². The van der Waals surface area contributed by atoms with Crippen LogP contribution in [-0.2, 0) is 67.7 Å². The van der Waals surface area contributed by atoms with Gasteiger partial charge in [-0.15, -0.1) is 0 Å². The third-order valence-corrected chi connectivity index (χ3v) is 20.1. The van der Waals surface area contributed by atoms with E-state index in [1.807, 2.05) is 42.5 Å². The Labute approximate surface area is 540 Å². The number of ether oxygens (including phenoxy) is 2. The van der Waals surface area contributed by atoms with Crippen LogP contribution in [0, 0.1) is 7.14 Å². The summed E-state index contributed by atoms with van der Waals surface area (Å²) in [6, 6.07) is 59.8. The van der Waals surface area contributed by atoms with Crippen LogP contribution in [0.15, 0.2) is 194 Å². The average molecular weight is 1430 g/mol. The second-order valence-electron chi connectivity index (χ2n) is 25.1. The zero-order valence-corrected chi connectivity index (χ0v) is 58.5. The van der Waals surface area contributed by atoms with E-state index in [1.165, 1.54) is 59.0 Å². The standard InChI is InChI=1S/C28H33O2S.C20H26I.C18H20O2S.2CHF3O3S/c1-27(2,3)20-12-16-22(17-13-20)31(23-18-14-21(15-19-23)28(4,5)6)25-11-9-8-10-24(25)26(29)30-7;1-19(2,3)15-7-11-17(12-8-15)21-18-13-9-16(10-14-18)20(4,5)6;1-18(2,3)13-9-11-14(12-10-13)21-16-8-6-5-7-15(16)17(19)20-4;2*2-1(3,4)8(5,6)7/h8-19H,1-7H3;7-14H,1-6H3;5-12H,1-4H3;2*(H,5,6,7)/q2*+1;;;/p-2. The van der Waals surface area contributed by atoms with E-state index in [-0.39, 0.29) is 60.2 Å². The first kappa shape index (κ1) is 77.6. The Bertz CT molecular complexity index is 3480. The minimum Gasteiger partial charge on any atom is -0.741 e. The predicted molar refractivity (Wildman–Crippen MR) is 336 cm³/mol. The molecular weight excluding hydrogens is 1350 g/mol. The minimum atomic E-state index is -6.09. The SMILES string of the molecule is CC(C)(C)c1ccc([I+]c2ccc(C(C)(C)C)cc2)cc1.COC(=O)c1ccccc1Sc1ccc(C(C)(C)C)cc1.COC(=O)c1ccccc1[S+](c1ccc(C(C)(C)C)cc1)c1ccc(C(C)(C)C)cc1.O=S(=O)([O-])C(F)(F)F.O=S(=O)([O-])C(F)(F)F. The molecule has 0 saturated carbocycles. The van der Waals surface area contributed by atoms with Gasteiger partial charge in [0.1, 0.15) is 16.5 Å². The van der Waals surface area contributed by atoms with Crippen LogP contribution in [0.1, 0.15) is 152 Å². The third-order valence-electron chi connectivity index (χ3n) is 12.9. The molecule has 0 heterocycles. The van der Waals surface area contributed by atoms with Crippen LogP contribution in [0.25, 0.3) is 0 Å². The zero-order valence-electron chi connectivity index (χ0n) is 53.0. The summed E-state index contributed by atoms with van der Waals surface area (Å²) in [4.78, 5) is 29.7. The van der Waals surface area contributed by atoms with Crippen molar-refractivity contribution in [2.45, 2.75) is 166 Å². The second-order valence-corrected chi connectivity index (χ2v) is 34.0. The van der Waals surface area contributed by atoms with E-state index in [0.717, 1.165) is 14.7 Å². The monoisotopic (exact) mass is 1420 g/mol. The Kier molecular flexibility index (Phi) is 27.5. The van der Waals surface area contributed by atoms with Gasteiger partial charge in [-0.3, -0.25) is 0 Å². The Balaban J connectivity index is 0.000000316. The highest BCUT2D eigenvalue weighted by Crippen LogP contribution is 2.37. The highest BCUT2D eigenvalue weighted by atomic mass is 127. The second kappa shape index (κ2) is 31.6. The van der Waals surface area contributed by atoms with Crippen molar-refractivity contribution in [3.63, 3.8) is 0 Å². The van der Waals surface area contributed by atoms with Gasteiger partial charge in [0, 0.05) is 9.79 Å². The molecule has 21 heteroatoms. The summed E-state index contributed by atoms with van der Waals surface area (Å²) >= 11 is 1.51. The number of esters is 2. The van der Waals surface area contributed by atoms with Crippen LogP contribution in [0.5, 0.6) is 0 Å². The lowest BCUT2D eigenvalue weighted by molar-refractivity contribution is -0.597. The van der Waals surface area contributed by atoms with E-state index in [0.29, 0.717) is 11.1 Å². The van der Waals surface area contributed by atoms with Crippen molar-refractivity contribution in [2.24, 2.45) is 0 Å². The van der Waals surface area contributed by atoms with Crippen LogP contribution in [0.4, 0.5) is 26.3 Å². The van der Waals surface area contributed by atoms with Gasteiger partial charge in [-0.25, -0.2) is 26.4 Å². The fraction of sp³-hybridized carbons (Fsp3) is 0.353. The summed E-state index contributed by atoms with van der Waals surface area (Å²) in [5.74, 6) is -0.602. The van der Waals surface area contributed by atoms with Crippen LogP contribution < -0.4 is 21.2 Å². The van der Waals surface area contributed by atoms with Crippen LogP contribution in [0.2, 0.25) is 0 Å². The molecule has 0 N–H and O–H groups in total. The van der Waals surface area contributed by atoms with Gasteiger partial charge in [-0.05, 0) is 140 Å². The molecule has 0 aromatic heterocycles. The number of benzene rings is 7. The Morgan fingerprint density at radius 3 is 0.955 bits per heavy atom. The normalized spacial score (nSPS) is 12.3. The van der Waals surface area contributed by atoms with Crippen molar-refractivity contribution in [3.05, 3.63) is 216 Å². The van der Waals surface area contributed by atoms with Crippen molar-refractivity contribution in [1.82, 2.24) is 0 Å². The molecule has 484 valence electrons. The maximum atomic E-state index is 12.6. The number of halogens is 7. The molecule has 0 aliphatic rings. The molecule has 89 heavy (non-hydrogen) atoms. The molecule has 0 unspecified atom stereocenters. The number of alkyl halides is 6. The number of carbonyl (C=O) groups is 2. The van der Waals surface area contributed by atoms with Crippen molar-refractivity contribution in [3.8, 4) is 0 Å². The molecule has 0 spiro atoms. The molecule has 0 radical (unpaired) electrons. The summed E-state index contributed by atoms with van der Waals surface area (Å²) in [5, 5.41) is 0. The maximum Gasteiger partial charge on any atom is 0.485 e. The molecular formula is C68H79F6IO10S4. The van der Waals surface area contributed by atoms with Crippen molar-refractivity contribution in [1.29, 1.82) is 0 Å². The van der Waals surface area contributed by atoms with Crippen molar-refractivity contribution < 1.29 is 92.6 Å². The lowest BCUT2D eigenvalue weighted by Crippen LogP contribution is -3.61. The maximum absolute atomic E-state index is 12.6. The van der Waals surface area contributed by atoms with Crippen molar-refractivity contribution in [2.75, 3.05) is 14.2 Å². The van der Waals surface area contributed by atoms with Gasteiger partial charge >= 0.3 is 44.2 Å². The summed E-state index contributed by atoms with van der Waals surface area (Å²) in [7, 11) is -9.76. The van der Waals surface area contributed by atoms with Crippen LogP contribution >= 0.6 is 11.8 Å². The number of hydrogen-bond donors (Lipinski definition) is 0. The van der Waals surface area contributed by atoms with Gasteiger partial charge in [0.05, 0.1) is 19.8 Å².